The van der Waals surface area contributed by atoms with E-state index in [1.807, 2.05) is 0 Å². The number of hydrogen-bond acceptors (Lipinski definition) is 3. The first-order valence-electron chi connectivity index (χ1n) is 6.26. The number of hydrogen-bond donors (Lipinski definition) is 1. The molecule has 88 valence electrons. The van der Waals surface area contributed by atoms with Crippen LogP contribution < -0.4 is 0 Å². The summed E-state index contributed by atoms with van der Waals surface area (Å²) in [6, 6.07) is 0.918. The SMILES string of the molecule is CC(C)C1CCN(C2CCC2)C[C@@H]1SS. The summed E-state index contributed by atoms with van der Waals surface area (Å²) < 4.78 is 0. The maximum Gasteiger partial charge on any atom is 0.0307 e. The van der Waals surface area contributed by atoms with E-state index in [0.717, 1.165) is 23.1 Å². The Morgan fingerprint density at radius 3 is 2.47 bits per heavy atom. The minimum absolute atomic E-state index is 0.752. The molecule has 0 spiro atoms. The van der Waals surface area contributed by atoms with Crippen LogP contribution in [0.25, 0.3) is 0 Å². The Hall–Kier alpha value is 0.660. The first-order chi connectivity index (χ1) is 7.22. The fourth-order valence-electron chi connectivity index (χ4n) is 2.92. The van der Waals surface area contributed by atoms with Crippen LogP contribution >= 0.6 is 22.5 Å². The number of likely N-dealkylation sites (tertiary alicyclic amines) is 1. The van der Waals surface area contributed by atoms with Crippen molar-refractivity contribution in [2.75, 3.05) is 13.1 Å². The molecule has 1 saturated carbocycles. The fourth-order valence-corrected chi connectivity index (χ4v) is 4.45. The second-order valence-corrected chi connectivity index (χ2v) is 6.87. The van der Waals surface area contributed by atoms with Crippen LogP contribution in [0.1, 0.15) is 39.5 Å². The lowest BCUT2D eigenvalue weighted by molar-refractivity contribution is 0.0785. The van der Waals surface area contributed by atoms with Gasteiger partial charge in [0.25, 0.3) is 0 Å². The van der Waals surface area contributed by atoms with Crippen LogP contribution in [0.2, 0.25) is 0 Å². The Labute approximate surface area is 103 Å². The molecule has 2 aliphatic rings. The lowest BCUT2D eigenvalue weighted by Crippen LogP contribution is -2.50. The first-order valence-corrected chi connectivity index (χ1v) is 8.20. The zero-order chi connectivity index (χ0) is 10.8. The molecule has 1 aliphatic heterocycles. The van der Waals surface area contributed by atoms with Gasteiger partial charge in [0, 0.05) is 17.8 Å². The van der Waals surface area contributed by atoms with E-state index in [1.54, 1.807) is 10.8 Å². The molecule has 0 bridgehead atoms. The van der Waals surface area contributed by atoms with Gasteiger partial charge >= 0.3 is 0 Å². The van der Waals surface area contributed by atoms with E-state index >= 15 is 0 Å². The Kier molecular flexibility index (Phi) is 4.31. The van der Waals surface area contributed by atoms with E-state index in [1.165, 1.54) is 38.8 Å². The van der Waals surface area contributed by atoms with Crippen molar-refractivity contribution in [1.29, 1.82) is 0 Å². The second kappa shape index (κ2) is 5.33. The maximum atomic E-state index is 4.46. The third-order valence-corrected chi connectivity index (χ3v) is 5.81. The van der Waals surface area contributed by atoms with Crippen LogP contribution in [0.4, 0.5) is 0 Å². The highest BCUT2D eigenvalue weighted by molar-refractivity contribution is 8.68. The van der Waals surface area contributed by atoms with E-state index in [2.05, 4.69) is 30.4 Å². The van der Waals surface area contributed by atoms with E-state index in [4.69, 9.17) is 0 Å². The summed E-state index contributed by atoms with van der Waals surface area (Å²) in [5.74, 6) is 1.70. The van der Waals surface area contributed by atoms with Crippen LogP contribution in [0.15, 0.2) is 0 Å². The van der Waals surface area contributed by atoms with E-state index in [-0.39, 0.29) is 0 Å². The molecule has 2 rings (SSSR count). The van der Waals surface area contributed by atoms with Gasteiger partial charge in [0.2, 0.25) is 0 Å². The molecule has 1 unspecified atom stereocenters. The van der Waals surface area contributed by atoms with Gasteiger partial charge in [-0.1, -0.05) is 31.1 Å². The van der Waals surface area contributed by atoms with Crippen molar-refractivity contribution in [3.05, 3.63) is 0 Å². The van der Waals surface area contributed by atoms with Crippen LogP contribution in [-0.4, -0.2) is 29.3 Å². The minimum Gasteiger partial charge on any atom is -0.299 e. The van der Waals surface area contributed by atoms with Crippen molar-refractivity contribution in [3.8, 4) is 0 Å². The van der Waals surface area contributed by atoms with E-state index in [9.17, 15) is 0 Å². The average molecular weight is 245 g/mol. The van der Waals surface area contributed by atoms with Gasteiger partial charge in [-0.05, 0) is 37.6 Å². The quantitative estimate of drug-likeness (QED) is 0.599. The largest absolute Gasteiger partial charge is 0.299 e. The number of piperidine rings is 1. The van der Waals surface area contributed by atoms with Crippen molar-refractivity contribution in [2.24, 2.45) is 11.8 Å². The zero-order valence-electron chi connectivity index (χ0n) is 9.85. The molecule has 0 aromatic rings. The highest BCUT2D eigenvalue weighted by Gasteiger charge is 2.35. The summed E-state index contributed by atoms with van der Waals surface area (Å²) in [6.07, 6.45) is 5.71. The Bertz CT molecular complexity index is 204. The fraction of sp³-hybridized carbons (Fsp3) is 1.00. The van der Waals surface area contributed by atoms with Gasteiger partial charge in [0.1, 0.15) is 0 Å². The molecule has 15 heavy (non-hydrogen) atoms. The van der Waals surface area contributed by atoms with Gasteiger partial charge in [-0.2, -0.15) is 0 Å². The predicted octanol–water partition coefficient (Wildman–Crippen LogP) is 3.46. The summed E-state index contributed by atoms with van der Waals surface area (Å²) in [5, 5.41) is 0.752. The van der Waals surface area contributed by atoms with Gasteiger partial charge in [-0.3, -0.25) is 4.90 Å². The molecule has 0 amide bonds. The molecule has 1 aliphatic carbocycles. The second-order valence-electron chi connectivity index (χ2n) is 5.42. The van der Waals surface area contributed by atoms with Gasteiger partial charge in [-0.25, -0.2) is 0 Å². The molecule has 0 aromatic carbocycles. The van der Waals surface area contributed by atoms with Crippen molar-refractivity contribution >= 4 is 22.5 Å². The van der Waals surface area contributed by atoms with Crippen LogP contribution in [-0.2, 0) is 0 Å². The van der Waals surface area contributed by atoms with Crippen LogP contribution in [0, 0.1) is 11.8 Å². The number of rotatable bonds is 3. The smallest absolute Gasteiger partial charge is 0.0307 e. The van der Waals surface area contributed by atoms with Gasteiger partial charge < -0.3 is 0 Å². The van der Waals surface area contributed by atoms with Gasteiger partial charge in [0.15, 0.2) is 0 Å². The summed E-state index contributed by atoms with van der Waals surface area (Å²) >= 11 is 4.46. The summed E-state index contributed by atoms with van der Waals surface area (Å²) in [6.45, 7) is 7.33. The third kappa shape index (κ3) is 2.67. The lowest BCUT2D eigenvalue weighted by Gasteiger charge is -2.45. The monoisotopic (exact) mass is 245 g/mol. The van der Waals surface area contributed by atoms with Gasteiger partial charge in [0.05, 0.1) is 0 Å². The molecular weight excluding hydrogens is 222 g/mol. The zero-order valence-corrected chi connectivity index (χ0v) is 11.6. The number of nitrogens with zero attached hydrogens (tertiary/aromatic N) is 1. The first kappa shape index (κ1) is 12.1. The lowest BCUT2D eigenvalue weighted by atomic mass is 9.83. The Balaban J connectivity index is 1.90. The third-order valence-electron chi connectivity index (χ3n) is 4.22. The molecule has 0 aromatic heterocycles. The maximum absolute atomic E-state index is 4.46. The van der Waals surface area contributed by atoms with Crippen LogP contribution in [0.5, 0.6) is 0 Å². The molecule has 1 nitrogen and oxygen atoms in total. The van der Waals surface area contributed by atoms with Crippen molar-refractivity contribution < 1.29 is 0 Å². The minimum atomic E-state index is 0.752. The van der Waals surface area contributed by atoms with Crippen LogP contribution in [0.3, 0.4) is 0 Å². The topological polar surface area (TPSA) is 3.24 Å². The average Bonchev–Trinajstić information content (AvgIpc) is 2.14. The van der Waals surface area contributed by atoms with Crippen molar-refractivity contribution in [2.45, 2.75) is 50.8 Å². The summed E-state index contributed by atoms with van der Waals surface area (Å²) in [5.41, 5.74) is 0. The molecule has 3 heteroatoms. The van der Waals surface area contributed by atoms with E-state index < -0.39 is 0 Å². The van der Waals surface area contributed by atoms with Crippen molar-refractivity contribution in [3.63, 3.8) is 0 Å². The standard InChI is InChI=1S/C12H23NS2/c1-9(2)11-6-7-13(8-12(11)15-14)10-4-3-5-10/h9-12,14H,3-8H2,1-2H3/t11?,12-/m0/s1. The number of thiol groups is 1. The highest BCUT2D eigenvalue weighted by Crippen LogP contribution is 2.37. The van der Waals surface area contributed by atoms with Gasteiger partial charge in [-0.15, -0.1) is 11.7 Å². The molecule has 1 heterocycles. The molecule has 2 atom stereocenters. The molecule has 1 saturated heterocycles. The molecule has 0 N–H and O–H groups in total. The summed E-state index contributed by atoms with van der Waals surface area (Å²) in [4.78, 5) is 2.72. The normalized spacial score (nSPS) is 34.4. The Morgan fingerprint density at radius 1 is 1.27 bits per heavy atom. The molecular formula is C12H23NS2. The molecule has 2 fully saturated rings. The molecule has 0 radical (unpaired) electrons. The summed E-state index contributed by atoms with van der Waals surface area (Å²) in [7, 11) is 1.79. The Morgan fingerprint density at radius 2 is 2.00 bits per heavy atom. The van der Waals surface area contributed by atoms with E-state index in [0.29, 0.717) is 0 Å². The highest BCUT2D eigenvalue weighted by atomic mass is 33.1. The predicted molar refractivity (Wildman–Crippen MR) is 72.5 cm³/mol. The van der Waals surface area contributed by atoms with Crippen molar-refractivity contribution in [1.82, 2.24) is 4.90 Å².